The van der Waals surface area contributed by atoms with Gasteiger partial charge in [0.1, 0.15) is 0 Å². The van der Waals surface area contributed by atoms with E-state index in [1.54, 1.807) is 0 Å². The van der Waals surface area contributed by atoms with Crippen molar-refractivity contribution in [1.29, 1.82) is 0 Å². The summed E-state index contributed by atoms with van der Waals surface area (Å²) in [6, 6.07) is 0.565. The van der Waals surface area contributed by atoms with Crippen LogP contribution in [0.25, 0.3) is 0 Å². The molecule has 0 aromatic heterocycles. The molecule has 0 heterocycles. The first-order chi connectivity index (χ1) is 6.66. The average Bonchev–Trinajstić information content (AvgIpc) is 2.15. The zero-order valence-corrected chi connectivity index (χ0v) is 10.6. The molecule has 0 spiro atoms. The van der Waals surface area contributed by atoms with Crippen LogP contribution in [0.4, 0.5) is 0 Å². The van der Waals surface area contributed by atoms with E-state index < -0.39 is 0 Å². The summed E-state index contributed by atoms with van der Waals surface area (Å²) in [5, 5.41) is 3.06. The lowest BCUT2D eigenvalue weighted by Crippen LogP contribution is -2.27. The van der Waals surface area contributed by atoms with E-state index in [1.807, 2.05) is 20.9 Å². The molecule has 3 N–H and O–H groups in total. The third-order valence-corrected chi connectivity index (χ3v) is 1.96. The monoisotopic (exact) mass is 203 g/mol. The minimum atomic E-state index is 0.565. The van der Waals surface area contributed by atoms with Gasteiger partial charge in [-0.15, -0.1) is 0 Å². The van der Waals surface area contributed by atoms with Gasteiger partial charge in [-0.1, -0.05) is 20.3 Å². The van der Waals surface area contributed by atoms with E-state index in [0.717, 1.165) is 13.1 Å². The molecule has 1 fully saturated rings. The SMILES string of the molecule is CC.CNCCN(C)C.NC1CCC1. The van der Waals surface area contributed by atoms with Gasteiger partial charge in [0.05, 0.1) is 0 Å². The fourth-order valence-electron chi connectivity index (χ4n) is 0.775. The highest BCUT2D eigenvalue weighted by Crippen LogP contribution is 2.14. The largest absolute Gasteiger partial charge is 0.328 e. The molecule has 88 valence electrons. The Bertz CT molecular complexity index is 90.5. The van der Waals surface area contributed by atoms with Crippen LogP contribution in [0.3, 0.4) is 0 Å². The van der Waals surface area contributed by atoms with Crippen molar-refractivity contribution in [3.8, 4) is 0 Å². The molecule has 0 radical (unpaired) electrons. The molecule has 1 rings (SSSR count). The third-order valence-electron chi connectivity index (χ3n) is 1.96. The number of rotatable bonds is 3. The first-order valence-electron chi connectivity index (χ1n) is 5.71. The summed E-state index contributed by atoms with van der Waals surface area (Å²) < 4.78 is 0. The lowest BCUT2D eigenvalue weighted by Gasteiger charge is -2.18. The second-order valence-electron chi connectivity index (χ2n) is 3.60. The van der Waals surface area contributed by atoms with Gasteiger partial charge in [0.15, 0.2) is 0 Å². The van der Waals surface area contributed by atoms with E-state index in [9.17, 15) is 0 Å². The molecule has 0 saturated heterocycles. The Labute approximate surface area is 90.0 Å². The highest BCUT2D eigenvalue weighted by molar-refractivity contribution is 4.70. The summed E-state index contributed by atoms with van der Waals surface area (Å²) >= 11 is 0. The minimum absolute atomic E-state index is 0.565. The Kier molecular flexibility index (Phi) is 15.0. The van der Waals surface area contributed by atoms with E-state index in [4.69, 9.17) is 5.73 Å². The van der Waals surface area contributed by atoms with Crippen LogP contribution in [0.1, 0.15) is 33.1 Å². The van der Waals surface area contributed by atoms with Gasteiger partial charge in [0, 0.05) is 19.1 Å². The maximum Gasteiger partial charge on any atom is 0.0101 e. The molecule has 1 aliphatic rings. The van der Waals surface area contributed by atoms with E-state index in [-0.39, 0.29) is 0 Å². The summed E-state index contributed by atoms with van der Waals surface area (Å²) in [4.78, 5) is 2.15. The molecule has 0 amide bonds. The van der Waals surface area contributed by atoms with Crippen molar-refractivity contribution in [3.05, 3.63) is 0 Å². The first kappa shape index (κ1) is 16.3. The summed E-state index contributed by atoms with van der Waals surface area (Å²) in [6.45, 7) is 6.20. The quantitative estimate of drug-likeness (QED) is 0.726. The molecule has 0 atom stereocenters. The normalized spacial score (nSPS) is 14.8. The second kappa shape index (κ2) is 12.9. The Hall–Kier alpha value is -0.120. The smallest absolute Gasteiger partial charge is 0.0101 e. The van der Waals surface area contributed by atoms with Crippen LogP contribution < -0.4 is 11.1 Å². The Morgan fingerprint density at radius 1 is 1.29 bits per heavy atom. The Morgan fingerprint density at radius 3 is 1.79 bits per heavy atom. The lowest BCUT2D eigenvalue weighted by molar-refractivity contribution is 0.407. The molecule has 0 aromatic carbocycles. The standard InChI is InChI=1S/C5H14N2.C4H9N.C2H6/c1-6-4-5-7(2)3;5-4-2-1-3-4;1-2/h6H,4-5H2,1-3H3;4H,1-3,5H2;1-2H3. The Morgan fingerprint density at radius 2 is 1.71 bits per heavy atom. The van der Waals surface area contributed by atoms with E-state index in [2.05, 4.69) is 24.3 Å². The number of nitrogens with one attached hydrogen (secondary N) is 1. The molecule has 3 nitrogen and oxygen atoms in total. The van der Waals surface area contributed by atoms with Gasteiger partial charge < -0.3 is 16.0 Å². The van der Waals surface area contributed by atoms with Crippen LogP contribution in [0.2, 0.25) is 0 Å². The van der Waals surface area contributed by atoms with E-state index in [0.29, 0.717) is 6.04 Å². The van der Waals surface area contributed by atoms with Crippen LogP contribution in [-0.2, 0) is 0 Å². The van der Waals surface area contributed by atoms with Gasteiger partial charge in [-0.2, -0.15) is 0 Å². The van der Waals surface area contributed by atoms with Crippen molar-refractivity contribution < 1.29 is 0 Å². The molecule has 1 saturated carbocycles. The molecular formula is C11H29N3. The summed E-state index contributed by atoms with van der Waals surface area (Å²) in [7, 11) is 6.10. The second-order valence-corrected chi connectivity index (χ2v) is 3.60. The topological polar surface area (TPSA) is 41.3 Å². The summed E-state index contributed by atoms with van der Waals surface area (Å²) in [6.07, 6.45) is 3.89. The first-order valence-corrected chi connectivity index (χ1v) is 5.71. The zero-order valence-electron chi connectivity index (χ0n) is 10.6. The molecule has 0 unspecified atom stereocenters. The molecule has 3 heteroatoms. The highest BCUT2D eigenvalue weighted by atomic mass is 15.1. The molecule has 0 aromatic rings. The van der Waals surface area contributed by atoms with Gasteiger partial charge in [-0.3, -0.25) is 0 Å². The molecule has 0 bridgehead atoms. The zero-order chi connectivity index (χ0) is 11.4. The van der Waals surface area contributed by atoms with Crippen molar-refractivity contribution in [1.82, 2.24) is 10.2 Å². The van der Waals surface area contributed by atoms with Crippen LogP contribution >= 0.6 is 0 Å². The van der Waals surface area contributed by atoms with Crippen LogP contribution in [-0.4, -0.2) is 45.2 Å². The number of nitrogens with two attached hydrogens (primary N) is 1. The van der Waals surface area contributed by atoms with Gasteiger partial charge in [0.2, 0.25) is 0 Å². The molecule has 14 heavy (non-hydrogen) atoms. The van der Waals surface area contributed by atoms with Crippen molar-refractivity contribution >= 4 is 0 Å². The fourth-order valence-corrected chi connectivity index (χ4v) is 0.775. The number of hydrogen-bond donors (Lipinski definition) is 2. The van der Waals surface area contributed by atoms with Crippen molar-refractivity contribution in [2.24, 2.45) is 5.73 Å². The van der Waals surface area contributed by atoms with Gasteiger partial charge in [-0.25, -0.2) is 0 Å². The maximum atomic E-state index is 5.38. The maximum absolute atomic E-state index is 5.38. The van der Waals surface area contributed by atoms with Crippen LogP contribution in [0.5, 0.6) is 0 Å². The number of likely N-dealkylation sites (N-methyl/N-ethyl adjacent to an activating group) is 2. The van der Waals surface area contributed by atoms with E-state index >= 15 is 0 Å². The molecule has 0 aliphatic heterocycles. The van der Waals surface area contributed by atoms with Crippen molar-refractivity contribution in [3.63, 3.8) is 0 Å². The third kappa shape index (κ3) is 14.4. The number of nitrogens with zero attached hydrogens (tertiary/aromatic N) is 1. The predicted octanol–water partition coefficient (Wildman–Crippen LogP) is 1.29. The van der Waals surface area contributed by atoms with Gasteiger partial charge in [-0.05, 0) is 34.0 Å². The molecular weight excluding hydrogens is 174 g/mol. The van der Waals surface area contributed by atoms with E-state index in [1.165, 1.54) is 19.3 Å². The van der Waals surface area contributed by atoms with Gasteiger partial charge in [0.25, 0.3) is 0 Å². The summed E-state index contributed by atoms with van der Waals surface area (Å²) in [5.74, 6) is 0. The average molecular weight is 203 g/mol. The fraction of sp³-hybridized carbons (Fsp3) is 1.00. The minimum Gasteiger partial charge on any atom is -0.328 e. The highest BCUT2D eigenvalue weighted by Gasteiger charge is 2.09. The summed E-state index contributed by atoms with van der Waals surface area (Å²) in [5.41, 5.74) is 5.38. The Balaban J connectivity index is 0. The lowest BCUT2D eigenvalue weighted by atomic mass is 9.95. The molecule has 1 aliphatic carbocycles. The van der Waals surface area contributed by atoms with Crippen LogP contribution in [0.15, 0.2) is 0 Å². The van der Waals surface area contributed by atoms with Crippen molar-refractivity contribution in [2.45, 2.75) is 39.2 Å². The van der Waals surface area contributed by atoms with Crippen molar-refractivity contribution in [2.75, 3.05) is 34.2 Å². The number of hydrogen-bond acceptors (Lipinski definition) is 3. The van der Waals surface area contributed by atoms with Gasteiger partial charge >= 0.3 is 0 Å². The van der Waals surface area contributed by atoms with Crippen LogP contribution in [0, 0.1) is 0 Å². The predicted molar refractivity (Wildman–Crippen MR) is 65.7 cm³/mol.